The van der Waals surface area contributed by atoms with Crippen molar-refractivity contribution < 1.29 is 17.9 Å². The molecule has 0 unspecified atom stereocenters. The lowest BCUT2D eigenvalue weighted by atomic mass is 9.99. The predicted molar refractivity (Wildman–Crippen MR) is 82.9 cm³/mol. The molecule has 120 valence electrons. The van der Waals surface area contributed by atoms with E-state index in [9.17, 15) is 13.2 Å². The molecular weight excluding hydrogens is 362 g/mol. The summed E-state index contributed by atoms with van der Waals surface area (Å²) in [5.74, 6) is -0.316. The van der Waals surface area contributed by atoms with Gasteiger partial charge in [0.15, 0.2) is 0 Å². The zero-order valence-electron chi connectivity index (χ0n) is 10.9. The Morgan fingerprint density at radius 3 is 1.91 bits per heavy atom. The van der Waals surface area contributed by atoms with E-state index >= 15 is 0 Å². The van der Waals surface area contributed by atoms with E-state index in [2.05, 4.69) is 4.74 Å². The molecule has 2 aromatic carbocycles. The monoisotopic (exact) mass is 371 g/mol. The molecule has 0 aliphatic carbocycles. The number of ether oxygens (including phenoxy) is 1. The maximum Gasteiger partial charge on any atom is 0.573 e. The summed E-state index contributed by atoms with van der Waals surface area (Å²) in [5, 5.41) is 0.788. The van der Waals surface area contributed by atoms with Gasteiger partial charge in [-0.1, -0.05) is 41.4 Å². The van der Waals surface area contributed by atoms with Crippen LogP contribution in [0.25, 0.3) is 0 Å². The molecule has 0 spiro atoms. The predicted octanol–water partition coefficient (Wildman–Crippen LogP) is 5.36. The second-order valence-electron chi connectivity index (χ2n) is 4.23. The standard InChI is InChI=1S/C14H10Cl2F3NO.ClH/c15-10-2-1-3-11(16)12(10)13(20)8-4-6-9(7-5-8)21-14(17,18)19;/h1-7,13H,20H2;1H/t13-;/m1./s1. The van der Waals surface area contributed by atoms with E-state index in [4.69, 9.17) is 28.9 Å². The Bertz CT molecular complexity index is 612. The van der Waals surface area contributed by atoms with Crippen LogP contribution in [-0.2, 0) is 0 Å². The highest BCUT2D eigenvalue weighted by molar-refractivity contribution is 6.36. The lowest BCUT2D eigenvalue weighted by molar-refractivity contribution is -0.274. The normalized spacial score (nSPS) is 12.5. The quantitative estimate of drug-likeness (QED) is 0.787. The van der Waals surface area contributed by atoms with Crippen molar-refractivity contribution in [3.05, 3.63) is 63.6 Å². The van der Waals surface area contributed by atoms with E-state index in [1.807, 2.05) is 0 Å². The minimum absolute atomic E-state index is 0. The summed E-state index contributed by atoms with van der Waals surface area (Å²) < 4.78 is 40.1. The highest BCUT2D eigenvalue weighted by atomic mass is 35.5. The molecule has 0 aromatic heterocycles. The van der Waals surface area contributed by atoms with Crippen LogP contribution in [0.3, 0.4) is 0 Å². The van der Waals surface area contributed by atoms with Gasteiger partial charge in [-0.3, -0.25) is 0 Å². The van der Waals surface area contributed by atoms with Crippen molar-refractivity contribution in [2.75, 3.05) is 0 Å². The van der Waals surface area contributed by atoms with Gasteiger partial charge in [0.2, 0.25) is 0 Å². The van der Waals surface area contributed by atoms with Crippen LogP contribution in [0.1, 0.15) is 17.2 Å². The second kappa shape index (κ2) is 7.42. The molecule has 0 amide bonds. The second-order valence-corrected chi connectivity index (χ2v) is 5.04. The summed E-state index contributed by atoms with van der Waals surface area (Å²) >= 11 is 12.1. The zero-order valence-corrected chi connectivity index (χ0v) is 13.2. The van der Waals surface area contributed by atoms with E-state index in [1.54, 1.807) is 18.2 Å². The van der Waals surface area contributed by atoms with E-state index in [-0.39, 0.29) is 18.2 Å². The van der Waals surface area contributed by atoms with Gasteiger partial charge >= 0.3 is 6.36 Å². The van der Waals surface area contributed by atoms with Crippen LogP contribution in [0.5, 0.6) is 5.75 Å². The van der Waals surface area contributed by atoms with Gasteiger partial charge in [-0.05, 0) is 29.8 Å². The summed E-state index contributed by atoms with van der Waals surface area (Å²) in [5.41, 5.74) is 7.15. The molecule has 2 rings (SSSR count). The van der Waals surface area contributed by atoms with Crippen LogP contribution < -0.4 is 10.5 Å². The van der Waals surface area contributed by atoms with E-state index < -0.39 is 12.4 Å². The maximum atomic E-state index is 12.1. The van der Waals surface area contributed by atoms with E-state index in [1.165, 1.54) is 24.3 Å². The Kier molecular flexibility index (Phi) is 6.38. The largest absolute Gasteiger partial charge is 0.573 e. The van der Waals surface area contributed by atoms with Gasteiger partial charge in [0.1, 0.15) is 5.75 Å². The molecular formula is C14H11Cl3F3NO. The van der Waals surface area contributed by atoms with Gasteiger partial charge in [0.25, 0.3) is 0 Å². The molecule has 2 N–H and O–H groups in total. The van der Waals surface area contributed by atoms with Gasteiger partial charge in [0, 0.05) is 15.6 Å². The van der Waals surface area contributed by atoms with Crippen LogP contribution in [0, 0.1) is 0 Å². The first-order chi connectivity index (χ1) is 9.78. The number of nitrogens with two attached hydrogens (primary N) is 1. The molecule has 2 nitrogen and oxygen atoms in total. The van der Waals surface area contributed by atoms with Crippen LogP contribution >= 0.6 is 35.6 Å². The molecule has 0 heterocycles. The Labute approximate surface area is 141 Å². The summed E-state index contributed by atoms with van der Waals surface area (Å²) in [4.78, 5) is 0. The topological polar surface area (TPSA) is 35.2 Å². The van der Waals surface area contributed by atoms with E-state index in [0.717, 1.165) is 0 Å². The number of benzene rings is 2. The van der Waals surface area contributed by atoms with Gasteiger partial charge in [0.05, 0.1) is 6.04 Å². The molecule has 0 saturated heterocycles. The highest BCUT2D eigenvalue weighted by Crippen LogP contribution is 2.33. The van der Waals surface area contributed by atoms with Crippen LogP contribution in [-0.4, -0.2) is 6.36 Å². The van der Waals surface area contributed by atoms with Crippen molar-refractivity contribution in [2.24, 2.45) is 5.73 Å². The fourth-order valence-electron chi connectivity index (χ4n) is 1.85. The Hall–Kier alpha value is -1.14. The molecule has 2 aromatic rings. The third-order valence-electron chi connectivity index (χ3n) is 2.78. The lowest BCUT2D eigenvalue weighted by Gasteiger charge is -2.16. The third kappa shape index (κ3) is 4.68. The van der Waals surface area contributed by atoms with Crippen LogP contribution in [0.4, 0.5) is 13.2 Å². The van der Waals surface area contributed by atoms with Crippen molar-refractivity contribution in [2.45, 2.75) is 12.4 Å². The number of rotatable bonds is 3. The first kappa shape index (κ1) is 18.9. The van der Waals surface area contributed by atoms with Crippen molar-refractivity contribution in [3.63, 3.8) is 0 Å². The average Bonchev–Trinajstić information content (AvgIpc) is 2.37. The summed E-state index contributed by atoms with van der Waals surface area (Å²) in [7, 11) is 0. The molecule has 0 aliphatic rings. The van der Waals surface area contributed by atoms with E-state index in [0.29, 0.717) is 21.2 Å². The summed E-state index contributed by atoms with van der Waals surface area (Å²) in [6, 6.07) is 9.57. The van der Waals surface area contributed by atoms with Crippen molar-refractivity contribution in [1.29, 1.82) is 0 Å². The molecule has 1 atom stereocenters. The van der Waals surface area contributed by atoms with Crippen molar-refractivity contribution in [1.82, 2.24) is 0 Å². The number of halogens is 6. The molecule has 0 radical (unpaired) electrons. The average molecular weight is 373 g/mol. The maximum absolute atomic E-state index is 12.1. The highest BCUT2D eigenvalue weighted by Gasteiger charge is 2.31. The van der Waals surface area contributed by atoms with Crippen LogP contribution in [0.2, 0.25) is 10.0 Å². The molecule has 0 fully saturated rings. The Balaban J connectivity index is 0.00000242. The van der Waals surface area contributed by atoms with Crippen molar-refractivity contribution in [3.8, 4) is 5.75 Å². The minimum Gasteiger partial charge on any atom is -0.406 e. The molecule has 8 heteroatoms. The minimum atomic E-state index is -4.73. The SMILES string of the molecule is Cl.N[C@H](c1ccc(OC(F)(F)F)cc1)c1c(Cl)cccc1Cl. The fourth-order valence-corrected chi connectivity index (χ4v) is 2.48. The summed E-state index contributed by atoms with van der Waals surface area (Å²) in [6.07, 6.45) is -4.73. The number of hydrogen-bond donors (Lipinski definition) is 1. The Morgan fingerprint density at radius 1 is 0.955 bits per heavy atom. The summed E-state index contributed by atoms with van der Waals surface area (Å²) in [6.45, 7) is 0. The zero-order chi connectivity index (χ0) is 15.6. The first-order valence-electron chi connectivity index (χ1n) is 5.83. The molecule has 22 heavy (non-hydrogen) atoms. The van der Waals surface area contributed by atoms with Gasteiger partial charge < -0.3 is 10.5 Å². The fraction of sp³-hybridized carbons (Fsp3) is 0.143. The Morgan fingerprint density at radius 2 is 1.45 bits per heavy atom. The van der Waals surface area contributed by atoms with Gasteiger partial charge in [-0.15, -0.1) is 25.6 Å². The molecule has 0 aliphatic heterocycles. The third-order valence-corrected chi connectivity index (χ3v) is 3.44. The molecule has 0 saturated carbocycles. The lowest BCUT2D eigenvalue weighted by Crippen LogP contribution is -2.17. The molecule has 0 bridgehead atoms. The van der Waals surface area contributed by atoms with Gasteiger partial charge in [-0.25, -0.2) is 0 Å². The number of alkyl halides is 3. The van der Waals surface area contributed by atoms with Gasteiger partial charge in [-0.2, -0.15) is 0 Å². The number of hydrogen-bond acceptors (Lipinski definition) is 2. The first-order valence-corrected chi connectivity index (χ1v) is 6.59. The van der Waals surface area contributed by atoms with Crippen molar-refractivity contribution >= 4 is 35.6 Å². The van der Waals surface area contributed by atoms with Crippen LogP contribution in [0.15, 0.2) is 42.5 Å². The smallest absolute Gasteiger partial charge is 0.406 e.